The summed E-state index contributed by atoms with van der Waals surface area (Å²) in [5.41, 5.74) is 1.11. The van der Waals surface area contributed by atoms with E-state index in [1.807, 2.05) is 0 Å². The Morgan fingerprint density at radius 2 is 2.05 bits per heavy atom. The van der Waals surface area contributed by atoms with Gasteiger partial charge in [0.05, 0.1) is 10.7 Å². The summed E-state index contributed by atoms with van der Waals surface area (Å²) in [5.74, 6) is -0.288. The maximum Gasteiger partial charge on any atom is 0.124 e. The Labute approximate surface area is 119 Å². The standard InChI is InChI=1S/C15H22ClFN2/c1-10-8-18-14(15(2,3)4)9-19(10)13-6-5-11(17)7-12(13)16/h5-7,10,14,18H,8-9H2,1-4H3. The summed E-state index contributed by atoms with van der Waals surface area (Å²) < 4.78 is 13.2. The third kappa shape index (κ3) is 3.21. The van der Waals surface area contributed by atoms with Crippen LogP contribution in [0, 0.1) is 11.2 Å². The summed E-state index contributed by atoms with van der Waals surface area (Å²) in [6.07, 6.45) is 0. The minimum absolute atomic E-state index is 0.185. The van der Waals surface area contributed by atoms with Gasteiger partial charge in [-0.2, -0.15) is 0 Å². The van der Waals surface area contributed by atoms with Crippen LogP contribution in [-0.4, -0.2) is 25.2 Å². The Morgan fingerprint density at radius 3 is 2.63 bits per heavy atom. The SMILES string of the molecule is CC1CNC(C(C)(C)C)CN1c1ccc(F)cc1Cl. The molecule has 1 aromatic rings. The van der Waals surface area contributed by atoms with Gasteiger partial charge in [0.15, 0.2) is 0 Å². The fraction of sp³-hybridized carbons (Fsp3) is 0.600. The van der Waals surface area contributed by atoms with Gasteiger partial charge >= 0.3 is 0 Å². The quantitative estimate of drug-likeness (QED) is 0.846. The lowest BCUT2D eigenvalue weighted by Crippen LogP contribution is -2.59. The molecule has 2 atom stereocenters. The Hall–Kier alpha value is -0.800. The van der Waals surface area contributed by atoms with Gasteiger partial charge in [-0.3, -0.25) is 0 Å². The van der Waals surface area contributed by atoms with Crippen LogP contribution in [0.3, 0.4) is 0 Å². The van der Waals surface area contributed by atoms with Crippen molar-refractivity contribution >= 4 is 17.3 Å². The number of anilines is 1. The van der Waals surface area contributed by atoms with Gasteiger partial charge in [0.1, 0.15) is 5.82 Å². The van der Waals surface area contributed by atoms with Crippen LogP contribution in [-0.2, 0) is 0 Å². The molecule has 2 unspecified atom stereocenters. The van der Waals surface area contributed by atoms with Crippen molar-refractivity contribution in [2.45, 2.75) is 39.8 Å². The van der Waals surface area contributed by atoms with E-state index in [9.17, 15) is 4.39 Å². The highest BCUT2D eigenvalue weighted by Crippen LogP contribution is 2.32. The summed E-state index contributed by atoms with van der Waals surface area (Å²) in [7, 11) is 0. The number of hydrogen-bond donors (Lipinski definition) is 1. The second-order valence-corrected chi connectivity index (χ2v) is 6.83. The van der Waals surface area contributed by atoms with Crippen molar-refractivity contribution in [2.24, 2.45) is 5.41 Å². The van der Waals surface area contributed by atoms with Crippen LogP contribution >= 0.6 is 11.6 Å². The molecule has 0 radical (unpaired) electrons. The molecule has 2 rings (SSSR count). The molecular weight excluding hydrogens is 263 g/mol. The van der Waals surface area contributed by atoms with E-state index >= 15 is 0 Å². The summed E-state index contributed by atoms with van der Waals surface area (Å²) in [4.78, 5) is 2.27. The second-order valence-electron chi connectivity index (χ2n) is 6.42. The van der Waals surface area contributed by atoms with Gasteiger partial charge < -0.3 is 10.2 Å². The molecule has 106 valence electrons. The molecule has 0 amide bonds. The van der Waals surface area contributed by atoms with E-state index in [1.165, 1.54) is 12.1 Å². The zero-order valence-electron chi connectivity index (χ0n) is 12.0. The molecule has 1 fully saturated rings. The van der Waals surface area contributed by atoms with Crippen molar-refractivity contribution in [2.75, 3.05) is 18.0 Å². The molecule has 19 heavy (non-hydrogen) atoms. The van der Waals surface area contributed by atoms with E-state index in [2.05, 4.69) is 37.9 Å². The fourth-order valence-electron chi connectivity index (χ4n) is 2.49. The third-order valence-electron chi connectivity index (χ3n) is 3.84. The molecule has 1 N–H and O–H groups in total. The van der Waals surface area contributed by atoms with E-state index in [4.69, 9.17) is 11.6 Å². The van der Waals surface area contributed by atoms with E-state index < -0.39 is 0 Å². The molecule has 0 saturated carbocycles. The molecule has 1 aliphatic rings. The first-order chi connectivity index (χ1) is 8.79. The largest absolute Gasteiger partial charge is 0.365 e. The van der Waals surface area contributed by atoms with Crippen LogP contribution in [0.1, 0.15) is 27.7 Å². The zero-order chi connectivity index (χ0) is 14.2. The van der Waals surface area contributed by atoms with Gasteiger partial charge in [0.25, 0.3) is 0 Å². The molecule has 1 heterocycles. The summed E-state index contributed by atoms with van der Waals surface area (Å²) >= 11 is 6.19. The second kappa shape index (κ2) is 5.29. The van der Waals surface area contributed by atoms with Gasteiger partial charge in [-0.15, -0.1) is 0 Å². The molecule has 1 saturated heterocycles. The molecule has 2 nitrogen and oxygen atoms in total. The first-order valence-corrected chi connectivity index (χ1v) is 7.12. The maximum atomic E-state index is 13.2. The first kappa shape index (κ1) is 14.6. The van der Waals surface area contributed by atoms with Gasteiger partial charge in [0, 0.05) is 25.2 Å². The van der Waals surface area contributed by atoms with Crippen LogP contribution in [0.2, 0.25) is 5.02 Å². The fourth-order valence-corrected chi connectivity index (χ4v) is 2.77. The first-order valence-electron chi connectivity index (χ1n) is 6.74. The van der Waals surface area contributed by atoms with Crippen molar-refractivity contribution in [3.05, 3.63) is 29.0 Å². The van der Waals surface area contributed by atoms with Crippen LogP contribution in [0.4, 0.5) is 10.1 Å². The van der Waals surface area contributed by atoms with E-state index in [-0.39, 0.29) is 11.2 Å². The molecule has 1 aromatic carbocycles. The molecule has 0 aromatic heterocycles. The van der Waals surface area contributed by atoms with Crippen molar-refractivity contribution in [1.82, 2.24) is 5.32 Å². The molecule has 0 bridgehead atoms. The van der Waals surface area contributed by atoms with Gasteiger partial charge in [0.2, 0.25) is 0 Å². The molecule has 1 aliphatic heterocycles. The average molecular weight is 285 g/mol. The van der Waals surface area contributed by atoms with Crippen LogP contribution in [0.5, 0.6) is 0 Å². The van der Waals surface area contributed by atoms with Crippen molar-refractivity contribution in [1.29, 1.82) is 0 Å². The van der Waals surface area contributed by atoms with Crippen LogP contribution < -0.4 is 10.2 Å². The lowest BCUT2D eigenvalue weighted by Gasteiger charge is -2.45. The number of nitrogens with one attached hydrogen (secondary N) is 1. The highest BCUT2D eigenvalue weighted by Gasteiger charge is 2.33. The van der Waals surface area contributed by atoms with Crippen molar-refractivity contribution in [3.63, 3.8) is 0 Å². The van der Waals surface area contributed by atoms with Crippen molar-refractivity contribution < 1.29 is 4.39 Å². The minimum atomic E-state index is -0.288. The number of hydrogen-bond acceptors (Lipinski definition) is 2. The predicted molar refractivity (Wildman–Crippen MR) is 79.5 cm³/mol. The Morgan fingerprint density at radius 1 is 1.37 bits per heavy atom. The Balaban J connectivity index is 2.26. The Bertz CT molecular complexity index is 456. The topological polar surface area (TPSA) is 15.3 Å². The van der Waals surface area contributed by atoms with E-state index in [0.717, 1.165) is 18.8 Å². The smallest absolute Gasteiger partial charge is 0.124 e. The lowest BCUT2D eigenvalue weighted by molar-refractivity contribution is 0.239. The summed E-state index contributed by atoms with van der Waals surface area (Å²) in [6.45, 7) is 10.6. The molecule has 0 spiro atoms. The monoisotopic (exact) mass is 284 g/mol. The molecule has 4 heteroatoms. The van der Waals surface area contributed by atoms with Crippen LogP contribution in [0.25, 0.3) is 0 Å². The number of benzene rings is 1. The highest BCUT2D eigenvalue weighted by molar-refractivity contribution is 6.33. The number of rotatable bonds is 1. The summed E-state index contributed by atoms with van der Waals surface area (Å²) in [6, 6.07) is 5.38. The lowest BCUT2D eigenvalue weighted by atomic mass is 9.84. The average Bonchev–Trinajstić information content (AvgIpc) is 2.29. The van der Waals surface area contributed by atoms with Gasteiger partial charge in [-0.1, -0.05) is 32.4 Å². The highest BCUT2D eigenvalue weighted by atomic mass is 35.5. The van der Waals surface area contributed by atoms with Gasteiger partial charge in [-0.25, -0.2) is 4.39 Å². The summed E-state index contributed by atoms with van der Waals surface area (Å²) in [5, 5.41) is 4.07. The van der Waals surface area contributed by atoms with E-state index in [0.29, 0.717) is 17.1 Å². The Kier molecular flexibility index (Phi) is 4.07. The zero-order valence-corrected chi connectivity index (χ0v) is 12.8. The molecular formula is C15H22ClFN2. The van der Waals surface area contributed by atoms with Gasteiger partial charge in [-0.05, 0) is 30.5 Å². The number of nitrogens with zero attached hydrogens (tertiary/aromatic N) is 1. The normalized spacial score (nSPS) is 24.6. The minimum Gasteiger partial charge on any atom is -0.365 e. The maximum absolute atomic E-state index is 13.2. The predicted octanol–water partition coefficient (Wildman–Crippen LogP) is 3.69. The van der Waals surface area contributed by atoms with E-state index in [1.54, 1.807) is 6.07 Å². The number of piperazine rings is 1. The molecule has 0 aliphatic carbocycles. The van der Waals surface area contributed by atoms with Crippen molar-refractivity contribution in [3.8, 4) is 0 Å². The number of halogens is 2. The third-order valence-corrected chi connectivity index (χ3v) is 4.14. The van der Waals surface area contributed by atoms with Crippen LogP contribution in [0.15, 0.2) is 18.2 Å².